The van der Waals surface area contributed by atoms with Crippen molar-refractivity contribution >= 4 is 45.5 Å². The summed E-state index contributed by atoms with van der Waals surface area (Å²) in [7, 11) is 0. The number of aromatic amines is 1. The van der Waals surface area contributed by atoms with Crippen LogP contribution in [0.5, 0.6) is 0 Å². The Morgan fingerprint density at radius 3 is 2.68 bits per heavy atom. The molecule has 2 N–H and O–H groups in total. The Balaban J connectivity index is 1.24. The van der Waals surface area contributed by atoms with E-state index >= 15 is 0 Å². The average molecular weight is 479 g/mol. The van der Waals surface area contributed by atoms with Crippen LogP contribution >= 0.6 is 11.6 Å². The molecule has 0 aliphatic carbocycles. The number of nitrogens with one attached hydrogen (secondary N) is 2. The predicted octanol–water partition coefficient (Wildman–Crippen LogP) is 2.93. The highest BCUT2D eigenvalue weighted by Crippen LogP contribution is 2.19. The van der Waals surface area contributed by atoms with Crippen LogP contribution in [0.25, 0.3) is 22.1 Å². The van der Waals surface area contributed by atoms with Crippen LogP contribution in [0.4, 0.5) is 0 Å². The van der Waals surface area contributed by atoms with E-state index in [1.165, 1.54) is 0 Å². The van der Waals surface area contributed by atoms with E-state index in [9.17, 15) is 9.59 Å². The first-order chi connectivity index (χ1) is 16.4. The number of nitrogens with zero attached hydrogens (tertiary/aromatic N) is 4. The van der Waals surface area contributed by atoms with Gasteiger partial charge in [0, 0.05) is 17.1 Å². The lowest BCUT2D eigenvalue weighted by Crippen LogP contribution is -2.51. The molecule has 1 saturated heterocycles. The first-order valence-electron chi connectivity index (χ1n) is 10.9. The molecule has 34 heavy (non-hydrogen) atoms. The van der Waals surface area contributed by atoms with E-state index < -0.39 is 6.10 Å². The fourth-order valence-electron chi connectivity index (χ4n) is 3.94. The molecule has 2 amide bonds. The van der Waals surface area contributed by atoms with Gasteiger partial charge in [0.05, 0.1) is 53.2 Å². The van der Waals surface area contributed by atoms with Crippen molar-refractivity contribution < 1.29 is 14.3 Å². The van der Waals surface area contributed by atoms with E-state index in [1.54, 1.807) is 35.2 Å². The molecular formula is C24H23ClN6O3. The van der Waals surface area contributed by atoms with Gasteiger partial charge < -0.3 is 19.9 Å². The molecule has 1 unspecified atom stereocenters. The second kappa shape index (κ2) is 9.00. The zero-order valence-electron chi connectivity index (χ0n) is 18.8. The summed E-state index contributed by atoms with van der Waals surface area (Å²) < 4.78 is 5.64. The quantitative estimate of drug-likeness (QED) is 0.466. The topological polar surface area (TPSA) is 113 Å². The Kier molecular flexibility index (Phi) is 5.89. The van der Waals surface area contributed by atoms with Gasteiger partial charge in [-0.05, 0) is 50.2 Å². The maximum atomic E-state index is 13.1. The molecule has 3 heterocycles. The minimum atomic E-state index is -0.762. The van der Waals surface area contributed by atoms with Crippen LogP contribution < -0.4 is 5.32 Å². The van der Waals surface area contributed by atoms with E-state index in [-0.39, 0.29) is 31.5 Å². The number of carbonyl (C=O) groups is 2. The molecule has 1 aliphatic heterocycles. The van der Waals surface area contributed by atoms with Gasteiger partial charge >= 0.3 is 0 Å². The number of hydrogen-bond donors (Lipinski definition) is 2. The number of carbonyl (C=O) groups excluding carboxylic acids is 2. The number of ether oxygens (including phenoxy) is 1. The van der Waals surface area contributed by atoms with Crippen molar-refractivity contribution in [2.24, 2.45) is 0 Å². The van der Waals surface area contributed by atoms with Crippen LogP contribution in [0.15, 0.2) is 36.4 Å². The van der Waals surface area contributed by atoms with E-state index in [4.69, 9.17) is 16.3 Å². The van der Waals surface area contributed by atoms with Gasteiger partial charge in [-0.25, -0.2) is 15.0 Å². The van der Waals surface area contributed by atoms with Crippen molar-refractivity contribution in [3.8, 4) is 0 Å². The van der Waals surface area contributed by atoms with Gasteiger partial charge in [0.15, 0.2) is 6.10 Å². The lowest BCUT2D eigenvalue weighted by Gasteiger charge is -2.32. The van der Waals surface area contributed by atoms with E-state index in [0.717, 1.165) is 27.9 Å². The van der Waals surface area contributed by atoms with Crippen molar-refractivity contribution in [2.45, 2.75) is 26.5 Å². The van der Waals surface area contributed by atoms with E-state index in [1.807, 2.05) is 19.9 Å². The molecule has 0 radical (unpaired) electrons. The van der Waals surface area contributed by atoms with Gasteiger partial charge in [0.25, 0.3) is 11.8 Å². The first kappa shape index (κ1) is 22.2. The number of imidazole rings is 1. The van der Waals surface area contributed by atoms with Gasteiger partial charge in [-0.3, -0.25) is 9.59 Å². The zero-order chi connectivity index (χ0) is 23.8. The molecule has 9 nitrogen and oxygen atoms in total. The molecule has 0 spiro atoms. The largest absolute Gasteiger partial charge is 0.365 e. The maximum Gasteiger partial charge on any atom is 0.254 e. The normalized spacial score (nSPS) is 16.2. The van der Waals surface area contributed by atoms with Crippen LogP contribution in [0.1, 0.15) is 27.6 Å². The Hall–Kier alpha value is -3.56. The van der Waals surface area contributed by atoms with Gasteiger partial charge in [-0.15, -0.1) is 0 Å². The highest BCUT2D eigenvalue weighted by Gasteiger charge is 2.30. The monoisotopic (exact) mass is 478 g/mol. The third-order valence-electron chi connectivity index (χ3n) is 5.89. The average Bonchev–Trinajstić information content (AvgIpc) is 3.24. The zero-order valence-corrected chi connectivity index (χ0v) is 19.5. The lowest BCUT2D eigenvalue weighted by molar-refractivity contribution is -0.137. The third kappa shape index (κ3) is 4.44. The summed E-state index contributed by atoms with van der Waals surface area (Å²) in [5.41, 5.74) is 5.17. The Bertz CT molecular complexity index is 1420. The molecule has 2 aromatic carbocycles. The summed E-state index contributed by atoms with van der Waals surface area (Å²) in [6.07, 6.45) is -0.762. The Morgan fingerprint density at radius 2 is 1.85 bits per heavy atom. The van der Waals surface area contributed by atoms with Crippen LogP contribution in [-0.2, 0) is 16.1 Å². The van der Waals surface area contributed by atoms with Gasteiger partial charge in [-0.1, -0.05) is 11.6 Å². The summed E-state index contributed by atoms with van der Waals surface area (Å²) in [4.78, 5) is 44.1. The molecule has 0 saturated carbocycles. The maximum absolute atomic E-state index is 13.1. The minimum Gasteiger partial charge on any atom is -0.365 e. The third-order valence-corrected chi connectivity index (χ3v) is 6.13. The second-order valence-electron chi connectivity index (χ2n) is 8.27. The molecule has 2 aromatic heterocycles. The summed E-state index contributed by atoms with van der Waals surface area (Å²) in [6, 6.07) is 10.6. The standard InChI is InChI=1S/C24H23ClN6O3/c1-13-14(2)28-19-9-15(3-5-17(19)27-13)24(33)31-7-8-34-21(12-31)23(32)26-11-22-29-18-6-4-16(25)10-20(18)30-22/h3-6,9-10,21H,7-8,11-12H2,1-2H3,(H,26,32)(H,29,30). The van der Waals surface area contributed by atoms with Gasteiger partial charge in [0.1, 0.15) is 5.82 Å². The Labute approximate surface area is 200 Å². The molecule has 5 rings (SSSR count). The lowest BCUT2D eigenvalue weighted by atomic mass is 10.1. The molecule has 1 aliphatic rings. The number of morpholine rings is 1. The predicted molar refractivity (Wildman–Crippen MR) is 128 cm³/mol. The van der Waals surface area contributed by atoms with Crippen molar-refractivity contribution in [2.75, 3.05) is 19.7 Å². The van der Waals surface area contributed by atoms with E-state index in [0.29, 0.717) is 28.5 Å². The summed E-state index contributed by atoms with van der Waals surface area (Å²) in [5, 5.41) is 3.44. The van der Waals surface area contributed by atoms with Crippen LogP contribution in [0.2, 0.25) is 5.02 Å². The number of H-pyrrole nitrogens is 1. The smallest absolute Gasteiger partial charge is 0.254 e. The SMILES string of the molecule is Cc1nc2ccc(C(=O)N3CCOC(C(=O)NCc4nc5ccc(Cl)cc5[nH]4)C3)cc2nc1C. The molecule has 4 aromatic rings. The van der Waals surface area contributed by atoms with Crippen LogP contribution in [-0.4, -0.2) is 62.5 Å². The molecule has 10 heteroatoms. The number of aromatic nitrogens is 4. The number of halogens is 1. The fourth-order valence-corrected chi connectivity index (χ4v) is 4.11. The molecule has 0 bridgehead atoms. The summed E-state index contributed by atoms with van der Waals surface area (Å²) in [5.74, 6) is 0.140. The van der Waals surface area contributed by atoms with Crippen molar-refractivity contribution in [1.29, 1.82) is 0 Å². The molecule has 174 valence electrons. The number of fused-ring (bicyclic) bond motifs is 2. The first-order valence-corrected chi connectivity index (χ1v) is 11.3. The highest BCUT2D eigenvalue weighted by atomic mass is 35.5. The second-order valence-corrected chi connectivity index (χ2v) is 8.71. The number of amides is 2. The number of hydrogen-bond acceptors (Lipinski definition) is 6. The van der Waals surface area contributed by atoms with Crippen molar-refractivity contribution in [1.82, 2.24) is 30.2 Å². The number of rotatable bonds is 4. The Morgan fingerprint density at radius 1 is 1.09 bits per heavy atom. The number of benzene rings is 2. The van der Waals surface area contributed by atoms with Crippen LogP contribution in [0, 0.1) is 13.8 Å². The number of aryl methyl sites for hydroxylation is 2. The summed E-state index contributed by atoms with van der Waals surface area (Å²) >= 11 is 6.01. The van der Waals surface area contributed by atoms with Gasteiger partial charge in [0.2, 0.25) is 0 Å². The fraction of sp³-hybridized carbons (Fsp3) is 0.292. The minimum absolute atomic E-state index is 0.164. The van der Waals surface area contributed by atoms with Crippen molar-refractivity contribution in [3.05, 3.63) is 64.2 Å². The summed E-state index contributed by atoms with van der Waals surface area (Å²) in [6.45, 7) is 4.85. The molecular weight excluding hydrogens is 456 g/mol. The van der Waals surface area contributed by atoms with Crippen molar-refractivity contribution in [3.63, 3.8) is 0 Å². The highest BCUT2D eigenvalue weighted by molar-refractivity contribution is 6.31. The van der Waals surface area contributed by atoms with Crippen LogP contribution in [0.3, 0.4) is 0 Å². The molecule has 1 fully saturated rings. The molecule has 1 atom stereocenters. The van der Waals surface area contributed by atoms with Gasteiger partial charge in [-0.2, -0.15) is 0 Å². The van der Waals surface area contributed by atoms with E-state index in [2.05, 4.69) is 25.3 Å².